The van der Waals surface area contributed by atoms with Crippen LogP contribution >= 0.6 is 0 Å². The van der Waals surface area contributed by atoms with Gasteiger partial charge in [0.2, 0.25) is 0 Å². The lowest BCUT2D eigenvalue weighted by molar-refractivity contribution is -0.155. The molecule has 6 nitrogen and oxygen atoms in total. The van der Waals surface area contributed by atoms with E-state index in [0.717, 1.165) is 18.4 Å². The first-order chi connectivity index (χ1) is 12.2. The molecule has 0 unspecified atom stereocenters. The molecule has 26 heavy (non-hydrogen) atoms. The van der Waals surface area contributed by atoms with Gasteiger partial charge in [-0.1, -0.05) is 30.3 Å². The Hall–Kier alpha value is -2.37. The summed E-state index contributed by atoms with van der Waals surface area (Å²) < 4.78 is 10.8. The van der Waals surface area contributed by atoms with Gasteiger partial charge in [0.25, 0.3) is 0 Å². The number of esters is 1. The lowest BCUT2D eigenvalue weighted by Crippen LogP contribution is -2.56. The van der Waals surface area contributed by atoms with Crippen LogP contribution in [0.15, 0.2) is 30.3 Å². The summed E-state index contributed by atoms with van der Waals surface area (Å²) >= 11 is 0. The predicted octanol–water partition coefficient (Wildman–Crippen LogP) is 3.09. The van der Waals surface area contributed by atoms with Crippen LogP contribution in [-0.2, 0) is 25.7 Å². The molecule has 0 N–H and O–H groups in total. The van der Waals surface area contributed by atoms with Gasteiger partial charge in [0.05, 0.1) is 6.54 Å². The Morgan fingerprint density at radius 3 is 2.42 bits per heavy atom. The SMILES string of the molecule is CC(C)(C)OC(=O)N1CC(=O)C2(CC2)C[C@H]1C(=O)OCc1ccccc1. The monoisotopic (exact) mass is 359 g/mol. The fourth-order valence-electron chi connectivity index (χ4n) is 3.21. The number of carbonyl (C=O) groups excluding carboxylic acids is 3. The molecule has 0 aromatic heterocycles. The van der Waals surface area contributed by atoms with Crippen molar-refractivity contribution < 1.29 is 23.9 Å². The average molecular weight is 359 g/mol. The van der Waals surface area contributed by atoms with Crippen LogP contribution in [0.5, 0.6) is 0 Å². The Morgan fingerprint density at radius 1 is 1.19 bits per heavy atom. The maximum absolute atomic E-state index is 12.7. The number of benzene rings is 1. The molecule has 1 saturated heterocycles. The molecule has 0 radical (unpaired) electrons. The molecule has 1 aromatic rings. The van der Waals surface area contributed by atoms with E-state index in [-0.39, 0.29) is 18.9 Å². The largest absolute Gasteiger partial charge is 0.459 e. The molecule has 1 amide bonds. The maximum Gasteiger partial charge on any atom is 0.411 e. The Morgan fingerprint density at radius 2 is 1.85 bits per heavy atom. The zero-order valence-corrected chi connectivity index (χ0v) is 15.5. The van der Waals surface area contributed by atoms with E-state index in [4.69, 9.17) is 9.47 Å². The summed E-state index contributed by atoms with van der Waals surface area (Å²) in [5.74, 6) is -0.478. The fourth-order valence-corrected chi connectivity index (χ4v) is 3.21. The molecule has 140 valence electrons. The smallest absolute Gasteiger partial charge is 0.411 e. The Labute approximate surface area is 153 Å². The molecular weight excluding hydrogens is 334 g/mol. The van der Waals surface area contributed by atoms with Crippen LogP contribution in [0.4, 0.5) is 4.79 Å². The van der Waals surface area contributed by atoms with E-state index in [9.17, 15) is 14.4 Å². The van der Waals surface area contributed by atoms with Crippen LogP contribution in [-0.4, -0.2) is 40.9 Å². The molecule has 1 atom stereocenters. The Bertz CT molecular complexity index is 703. The number of rotatable bonds is 3. The summed E-state index contributed by atoms with van der Waals surface area (Å²) in [5, 5.41) is 0. The van der Waals surface area contributed by atoms with Gasteiger partial charge in [-0.2, -0.15) is 0 Å². The van der Waals surface area contributed by atoms with Crippen molar-refractivity contribution >= 4 is 17.8 Å². The highest BCUT2D eigenvalue weighted by Crippen LogP contribution is 2.53. The molecule has 1 saturated carbocycles. The van der Waals surface area contributed by atoms with Gasteiger partial charge < -0.3 is 9.47 Å². The van der Waals surface area contributed by atoms with E-state index < -0.39 is 29.1 Å². The first kappa shape index (κ1) is 18.4. The highest BCUT2D eigenvalue weighted by atomic mass is 16.6. The minimum atomic E-state index is -0.784. The van der Waals surface area contributed by atoms with Crippen molar-refractivity contribution in [2.45, 2.75) is 58.3 Å². The summed E-state index contributed by atoms with van der Waals surface area (Å²) in [6.45, 7) is 5.30. The Kier molecular flexibility index (Phi) is 4.78. The third kappa shape index (κ3) is 4.06. The summed E-state index contributed by atoms with van der Waals surface area (Å²) in [6, 6.07) is 8.58. The standard InChI is InChI=1S/C20H25NO5/c1-19(2,3)26-18(24)21-12-16(22)20(9-10-20)11-15(21)17(23)25-13-14-7-5-4-6-8-14/h4-8,15H,9-13H2,1-3H3/t15-/m0/s1. The normalized spacial score (nSPS) is 21.4. The summed E-state index contributed by atoms with van der Waals surface area (Å²) in [6.07, 6.45) is 1.22. The van der Waals surface area contributed by atoms with E-state index in [0.29, 0.717) is 6.42 Å². The number of ether oxygens (including phenoxy) is 2. The van der Waals surface area contributed by atoms with Crippen molar-refractivity contribution in [2.75, 3.05) is 6.54 Å². The van der Waals surface area contributed by atoms with E-state index in [1.807, 2.05) is 30.3 Å². The van der Waals surface area contributed by atoms with E-state index >= 15 is 0 Å². The van der Waals surface area contributed by atoms with Gasteiger partial charge in [-0.15, -0.1) is 0 Å². The highest BCUT2D eigenvalue weighted by molar-refractivity contribution is 5.95. The highest BCUT2D eigenvalue weighted by Gasteiger charge is 2.57. The zero-order chi connectivity index (χ0) is 18.9. The van der Waals surface area contributed by atoms with Crippen LogP contribution in [0.2, 0.25) is 0 Å². The van der Waals surface area contributed by atoms with Crippen LogP contribution < -0.4 is 0 Å². The number of carbonyl (C=O) groups is 3. The van der Waals surface area contributed by atoms with Crippen molar-refractivity contribution in [1.82, 2.24) is 4.90 Å². The third-order valence-electron chi connectivity index (χ3n) is 4.84. The topological polar surface area (TPSA) is 72.9 Å². The van der Waals surface area contributed by atoms with Crippen molar-refractivity contribution in [3.05, 3.63) is 35.9 Å². The number of piperidine rings is 1. The number of hydrogen-bond donors (Lipinski definition) is 0. The van der Waals surface area contributed by atoms with Gasteiger partial charge in [-0.05, 0) is 45.6 Å². The average Bonchev–Trinajstić information content (AvgIpc) is 3.35. The summed E-state index contributed by atoms with van der Waals surface area (Å²) in [5.41, 5.74) is -0.278. The molecule has 1 aliphatic heterocycles. The third-order valence-corrected chi connectivity index (χ3v) is 4.84. The fraction of sp³-hybridized carbons (Fsp3) is 0.550. The molecule has 1 spiro atoms. The molecule has 2 aliphatic rings. The van der Waals surface area contributed by atoms with Crippen LogP contribution in [0, 0.1) is 5.41 Å². The van der Waals surface area contributed by atoms with E-state index in [1.165, 1.54) is 4.90 Å². The van der Waals surface area contributed by atoms with E-state index in [1.54, 1.807) is 20.8 Å². The molecule has 6 heteroatoms. The number of amides is 1. The molecule has 1 heterocycles. The van der Waals surface area contributed by atoms with Gasteiger partial charge >= 0.3 is 12.1 Å². The number of ketones is 1. The van der Waals surface area contributed by atoms with Gasteiger partial charge in [0.15, 0.2) is 5.78 Å². The Balaban J connectivity index is 1.72. The van der Waals surface area contributed by atoms with Gasteiger partial charge in [-0.25, -0.2) is 9.59 Å². The minimum Gasteiger partial charge on any atom is -0.459 e. The van der Waals surface area contributed by atoms with Crippen LogP contribution in [0.3, 0.4) is 0 Å². The molecule has 1 aromatic carbocycles. The second-order valence-corrected chi connectivity index (χ2v) is 8.12. The van der Waals surface area contributed by atoms with Gasteiger partial charge in [0, 0.05) is 5.41 Å². The second kappa shape index (κ2) is 6.74. The lowest BCUT2D eigenvalue weighted by atomic mass is 9.87. The molecular formula is C20H25NO5. The predicted molar refractivity (Wildman–Crippen MR) is 94.3 cm³/mol. The first-order valence-electron chi connectivity index (χ1n) is 8.94. The minimum absolute atomic E-state index is 0.00969. The van der Waals surface area contributed by atoms with Gasteiger partial charge in [-0.3, -0.25) is 9.69 Å². The summed E-state index contributed by atoms with van der Waals surface area (Å²) in [7, 11) is 0. The number of likely N-dealkylation sites (tertiary alicyclic amines) is 1. The van der Waals surface area contributed by atoms with Gasteiger partial charge in [0.1, 0.15) is 18.2 Å². The number of nitrogens with zero attached hydrogens (tertiary/aromatic N) is 1. The molecule has 1 aliphatic carbocycles. The number of hydrogen-bond acceptors (Lipinski definition) is 5. The van der Waals surface area contributed by atoms with Crippen molar-refractivity contribution in [3.8, 4) is 0 Å². The van der Waals surface area contributed by atoms with E-state index in [2.05, 4.69) is 0 Å². The number of Topliss-reactive ketones (excluding diaryl/α,β-unsaturated/α-hetero) is 1. The summed E-state index contributed by atoms with van der Waals surface area (Å²) in [4.78, 5) is 38.8. The lowest BCUT2D eigenvalue weighted by Gasteiger charge is -2.37. The quantitative estimate of drug-likeness (QED) is 0.776. The molecule has 2 fully saturated rings. The second-order valence-electron chi connectivity index (χ2n) is 8.12. The van der Waals surface area contributed by atoms with Crippen LogP contribution in [0.1, 0.15) is 45.6 Å². The van der Waals surface area contributed by atoms with Crippen LogP contribution in [0.25, 0.3) is 0 Å². The molecule has 0 bridgehead atoms. The van der Waals surface area contributed by atoms with Crippen molar-refractivity contribution in [3.63, 3.8) is 0 Å². The molecule has 3 rings (SSSR count). The zero-order valence-electron chi connectivity index (χ0n) is 15.5. The van der Waals surface area contributed by atoms with Crippen molar-refractivity contribution in [1.29, 1.82) is 0 Å². The maximum atomic E-state index is 12.7. The first-order valence-corrected chi connectivity index (χ1v) is 8.94. The van der Waals surface area contributed by atoms with Crippen molar-refractivity contribution in [2.24, 2.45) is 5.41 Å².